The summed E-state index contributed by atoms with van der Waals surface area (Å²) >= 11 is 2.98. The lowest BCUT2D eigenvalue weighted by molar-refractivity contribution is 0.0689. The van der Waals surface area contributed by atoms with Gasteiger partial charge in [-0.05, 0) is 36.1 Å². The second-order valence-corrected chi connectivity index (χ2v) is 6.57. The van der Waals surface area contributed by atoms with Crippen molar-refractivity contribution in [3.05, 3.63) is 48.0 Å². The van der Waals surface area contributed by atoms with Crippen LogP contribution in [0.15, 0.2) is 57.2 Å². The summed E-state index contributed by atoms with van der Waals surface area (Å²) in [7, 11) is 1.62. The Balaban J connectivity index is 2.38. The zero-order valence-corrected chi connectivity index (χ0v) is 13.5. The molecule has 1 N–H and O–H groups in total. The maximum atomic E-state index is 11.6. The fourth-order valence-electron chi connectivity index (χ4n) is 1.87. The second-order valence-electron chi connectivity index (χ2n) is 4.15. The summed E-state index contributed by atoms with van der Waals surface area (Å²) in [5.74, 6) is 0.709. The largest absolute Gasteiger partial charge is 0.497 e. The van der Waals surface area contributed by atoms with Crippen LogP contribution in [0.4, 0.5) is 0 Å². The van der Waals surface area contributed by atoms with Gasteiger partial charge >= 0.3 is 5.97 Å². The molecule has 0 fully saturated rings. The third kappa shape index (κ3) is 3.95. The van der Waals surface area contributed by atoms with Crippen molar-refractivity contribution in [2.45, 2.75) is 21.6 Å². The molecule has 21 heavy (non-hydrogen) atoms. The minimum Gasteiger partial charge on any atom is -0.497 e. The Bertz CT molecular complexity index is 641. The molecule has 3 nitrogen and oxygen atoms in total. The third-order valence-electron chi connectivity index (χ3n) is 2.77. The Kier molecular flexibility index (Phi) is 5.59. The van der Waals surface area contributed by atoms with Crippen molar-refractivity contribution in [1.82, 2.24) is 0 Å². The van der Waals surface area contributed by atoms with E-state index in [0.29, 0.717) is 5.56 Å². The van der Waals surface area contributed by atoms with Crippen molar-refractivity contribution < 1.29 is 14.6 Å². The quantitative estimate of drug-likeness (QED) is 0.785. The molecule has 2 aromatic carbocycles. The van der Waals surface area contributed by atoms with Gasteiger partial charge in [-0.15, -0.1) is 11.8 Å². The summed E-state index contributed by atoms with van der Waals surface area (Å²) in [6, 6.07) is 13.2. The Hall–Kier alpha value is -1.59. The van der Waals surface area contributed by atoms with Crippen molar-refractivity contribution in [2.75, 3.05) is 12.9 Å². The molecule has 0 radical (unpaired) electrons. The maximum Gasteiger partial charge on any atom is 0.337 e. The fourth-order valence-corrected chi connectivity index (χ4v) is 3.79. The normalized spacial score (nSPS) is 10.4. The molecule has 0 saturated carbocycles. The molecule has 0 amide bonds. The van der Waals surface area contributed by atoms with E-state index >= 15 is 0 Å². The number of aromatic carboxylic acids is 1. The van der Waals surface area contributed by atoms with Gasteiger partial charge in [0.15, 0.2) is 0 Å². The van der Waals surface area contributed by atoms with E-state index in [0.717, 1.165) is 26.2 Å². The Morgan fingerprint density at radius 1 is 1.19 bits per heavy atom. The highest BCUT2D eigenvalue weighted by molar-refractivity contribution is 8.00. The Morgan fingerprint density at radius 2 is 1.90 bits per heavy atom. The van der Waals surface area contributed by atoms with Crippen LogP contribution in [0.5, 0.6) is 5.75 Å². The van der Waals surface area contributed by atoms with E-state index in [2.05, 4.69) is 0 Å². The first-order valence-electron chi connectivity index (χ1n) is 6.46. The first-order chi connectivity index (χ1) is 10.2. The van der Waals surface area contributed by atoms with Gasteiger partial charge in [-0.2, -0.15) is 0 Å². The molecule has 0 bridgehead atoms. The van der Waals surface area contributed by atoms with Crippen molar-refractivity contribution in [2.24, 2.45) is 0 Å². The number of carboxylic acids is 1. The molecule has 2 aromatic rings. The highest BCUT2D eigenvalue weighted by Gasteiger charge is 2.16. The van der Waals surface area contributed by atoms with Gasteiger partial charge in [-0.25, -0.2) is 4.79 Å². The third-order valence-corrected chi connectivity index (χ3v) is 4.76. The van der Waals surface area contributed by atoms with Crippen LogP contribution in [0.2, 0.25) is 0 Å². The predicted octanol–water partition coefficient (Wildman–Crippen LogP) is 4.66. The summed E-state index contributed by atoms with van der Waals surface area (Å²) in [4.78, 5) is 14.1. The molecule has 2 rings (SSSR count). The molecule has 0 aromatic heterocycles. The zero-order valence-electron chi connectivity index (χ0n) is 11.8. The SMILES string of the molecule is CCSc1cccc(Sc2cccc(OC)c2)c1C(=O)O. The number of methoxy groups -OCH3 is 1. The van der Waals surface area contributed by atoms with Gasteiger partial charge in [0.1, 0.15) is 5.75 Å². The van der Waals surface area contributed by atoms with Crippen LogP contribution in [-0.2, 0) is 0 Å². The Morgan fingerprint density at radius 3 is 2.57 bits per heavy atom. The number of carbonyl (C=O) groups is 1. The summed E-state index contributed by atoms with van der Waals surface area (Å²) in [5.41, 5.74) is 0.372. The minimum absolute atomic E-state index is 0.372. The number of rotatable bonds is 6. The van der Waals surface area contributed by atoms with Crippen LogP contribution in [0.3, 0.4) is 0 Å². The van der Waals surface area contributed by atoms with Gasteiger partial charge in [-0.3, -0.25) is 0 Å². The minimum atomic E-state index is -0.892. The number of thioether (sulfide) groups is 1. The molecule has 0 spiro atoms. The monoisotopic (exact) mass is 320 g/mol. The lowest BCUT2D eigenvalue weighted by atomic mass is 10.2. The summed E-state index contributed by atoms with van der Waals surface area (Å²) in [6.45, 7) is 2.01. The highest BCUT2D eigenvalue weighted by Crippen LogP contribution is 2.36. The summed E-state index contributed by atoms with van der Waals surface area (Å²) < 4.78 is 5.20. The maximum absolute atomic E-state index is 11.6. The number of hydrogen-bond donors (Lipinski definition) is 1. The van der Waals surface area contributed by atoms with Gasteiger partial charge in [-0.1, -0.05) is 30.8 Å². The predicted molar refractivity (Wildman–Crippen MR) is 86.9 cm³/mol. The second kappa shape index (κ2) is 7.43. The molecular weight excluding hydrogens is 304 g/mol. The molecule has 110 valence electrons. The van der Waals surface area contributed by atoms with E-state index in [-0.39, 0.29) is 0 Å². The number of carboxylic acid groups (broad SMARTS) is 1. The van der Waals surface area contributed by atoms with Crippen LogP contribution >= 0.6 is 23.5 Å². The van der Waals surface area contributed by atoms with Crippen LogP contribution in [0.25, 0.3) is 0 Å². The molecule has 5 heteroatoms. The lowest BCUT2D eigenvalue weighted by Gasteiger charge is -2.11. The number of benzene rings is 2. The van der Waals surface area contributed by atoms with Gasteiger partial charge in [0.2, 0.25) is 0 Å². The highest BCUT2D eigenvalue weighted by atomic mass is 32.2. The zero-order chi connectivity index (χ0) is 15.2. The van der Waals surface area contributed by atoms with Crippen molar-refractivity contribution >= 4 is 29.5 Å². The lowest BCUT2D eigenvalue weighted by Crippen LogP contribution is -2.01. The average Bonchev–Trinajstić information content (AvgIpc) is 2.47. The molecule has 0 aliphatic rings. The van der Waals surface area contributed by atoms with Crippen LogP contribution in [0.1, 0.15) is 17.3 Å². The first-order valence-corrected chi connectivity index (χ1v) is 8.27. The van der Waals surface area contributed by atoms with Crippen molar-refractivity contribution in [1.29, 1.82) is 0 Å². The van der Waals surface area contributed by atoms with E-state index in [4.69, 9.17) is 4.74 Å². The molecule has 0 aliphatic carbocycles. The number of hydrogen-bond acceptors (Lipinski definition) is 4. The summed E-state index contributed by atoms with van der Waals surface area (Å²) in [5, 5.41) is 9.50. The topological polar surface area (TPSA) is 46.5 Å². The van der Waals surface area contributed by atoms with E-state index in [9.17, 15) is 9.90 Å². The van der Waals surface area contributed by atoms with Crippen molar-refractivity contribution in [3.8, 4) is 5.75 Å². The molecule has 0 atom stereocenters. The van der Waals surface area contributed by atoms with Crippen LogP contribution in [-0.4, -0.2) is 23.9 Å². The molecule has 0 unspecified atom stereocenters. The van der Waals surface area contributed by atoms with Crippen LogP contribution in [0, 0.1) is 0 Å². The summed E-state index contributed by atoms with van der Waals surface area (Å²) in [6.07, 6.45) is 0. The van der Waals surface area contributed by atoms with E-state index < -0.39 is 5.97 Å². The molecule has 0 aliphatic heterocycles. The number of ether oxygens (including phenoxy) is 1. The van der Waals surface area contributed by atoms with Crippen LogP contribution < -0.4 is 4.74 Å². The van der Waals surface area contributed by atoms with Gasteiger partial charge in [0.05, 0.1) is 12.7 Å². The van der Waals surface area contributed by atoms with Gasteiger partial charge < -0.3 is 9.84 Å². The average molecular weight is 320 g/mol. The van der Waals surface area contributed by atoms with E-state index in [1.54, 1.807) is 18.9 Å². The van der Waals surface area contributed by atoms with Crippen molar-refractivity contribution in [3.63, 3.8) is 0 Å². The fraction of sp³-hybridized carbons (Fsp3) is 0.188. The molecule has 0 saturated heterocycles. The Labute approximate surface area is 132 Å². The standard InChI is InChI=1S/C16H16O3S2/c1-3-20-13-8-5-9-14(15(13)16(17)18)21-12-7-4-6-11(10-12)19-2/h4-10H,3H2,1-2H3,(H,17,18). The smallest absolute Gasteiger partial charge is 0.337 e. The van der Waals surface area contributed by atoms with E-state index in [1.807, 2.05) is 49.4 Å². The van der Waals surface area contributed by atoms with E-state index in [1.165, 1.54) is 11.8 Å². The van der Waals surface area contributed by atoms with Gasteiger partial charge in [0.25, 0.3) is 0 Å². The first kappa shape index (κ1) is 15.8. The molecular formula is C16H16O3S2. The molecule has 0 heterocycles. The van der Waals surface area contributed by atoms with Gasteiger partial charge in [0, 0.05) is 14.7 Å².